The van der Waals surface area contributed by atoms with Crippen LogP contribution in [0.15, 0.2) is 48.5 Å². The van der Waals surface area contributed by atoms with Crippen molar-refractivity contribution in [1.29, 1.82) is 0 Å². The van der Waals surface area contributed by atoms with E-state index < -0.39 is 5.97 Å². The van der Waals surface area contributed by atoms with Gasteiger partial charge in [-0.25, -0.2) is 0 Å². The molecule has 2 aromatic carbocycles. The van der Waals surface area contributed by atoms with Gasteiger partial charge in [0.1, 0.15) is 5.75 Å². The van der Waals surface area contributed by atoms with Crippen molar-refractivity contribution in [3.8, 4) is 5.75 Å². The normalized spacial score (nSPS) is 14.3. The molecule has 1 fully saturated rings. The van der Waals surface area contributed by atoms with Crippen molar-refractivity contribution in [1.82, 2.24) is 10.2 Å². The van der Waals surface area contributed by atoms with Crippen LogP contribution in [0, 0.1) is 5.92 Å². The summed E-state index contributed by atoms with van der Waals surface area (Å²) in [5.74, 6) is 0.0620. The predicted molar refractivity (Wildman–Crippen MR) is 110 cm³/mol. The Morgan fingerprint density at radius 2 is 1.76 bits per heavy atom. The summed E-state index contributed by atoms with van der Waals surface area (Å²) in [6.07, 6.45) is 1.63. The molecule has 1 N–H and O–H groups in total. The molecule has 1 heterocycles. The third-order valence-corrected chi connectivity index (χ3v) is 5.15. The summed E-state index contributed by atoms with van der Waals surface area (Å²) in [6.45, 7) is 3.15. The molecule has 0 atom stereocenters. The molecule has 1 aliphatic rings. The Morgan fingerprint density at radius 1 is 1.07 bits per heavy atom. The summed E-state index contributed by atoms with van der Waals surface area (Å²) in [6, 6.07) is 13.4. The fraction of sp³-hybridized carbons (Fsp3) is 0.318. The zero-order chi connectivity index (χ0) is 20.8. The molecule has 0 aromatic heterocycles. The van der Waals surface area contributed by atoms with E-state index in [1.807, 2.05) is 0 Å². The van der Waals surface area contributed by atoms with E-state index in [1.54, 1.807) is 53.4 Å². The lowest BCUT2D eigenvalue weighted by molar-refractivity contribution is -0.131. The molecule has 3 rings (SSSR count). The second kappa shape index (κ2) is 9.56. The van der Waals surface area contributed by atoms with Crippen LogP contribution in [0.25, 0.3) is 0 Å². The third-order valence-electron chi connectivity index (χ3n) is 4.90. The molecule has 0 unspecified atom stereocenters. The quantitative estimate of drug-likeness (QED) is 0.599. The number of hydrogen-bond acceptors (Lipinski definition) is 4. The number of piperidine rings is 1. The van der Waals surface area contributed by atoms with E-state index in [1.165, 1.54) is 6.92 Å². The van der Waals surface area contributed by atoms with Gasteiger partial charge in [-0.3, -0.25) is 14.4 Å². The fourth-order valence-corrected chi connectivity index (χ4v) is 3.45. The maximum absolute atomic E-state index is 12.7. The van der Waals surface area contributed by atoms with Crippen LogP contribution in [-0.2, 0) is 4.79 Å². The first-order chi connectivity index (χ1) is 13.9. The summed E-state index contributed by atoms with van der Waals surface area (Å²) in [7, 11) is 0. The van der Waals surface area contributed by atoms with Crippen molar-refractivity contribution in [2.75, 3.05) is 19.6 Å². The number of esters is 1. The summed E-state index contributed by atoms with van der Waals surface area (Å²) in [5.41, 5.74) is 1.08. The Labute approximate surface area is 174 Å². The highest BCUT2D eigenvalue weighted by atomic mass is 35.5. The number of amides is 2. The van der Waals surface area contributed by atoms with Crippen LogP contribution >= 0.6 is 11.6 Å². The maximum atomic E-state index is 12.7. The lowest BCUT2D eigenvalue weighted by Gasteiger charge is -2.32. The smallest absolute Gasteiger partial charge is 0.308 e. The van der Waals surface area contributed by atoms with Gasteiger partial charge in [0.2, 0.25) is 0 Å². The molecular formula is C22H23ClN2O4. The van der Waals surface area contributed by atoms with Gasteiger partial charge in [0.05, 0.1) is 0 Å². The van der Waals surface area contributed by atoms with E-state index in [0.29, 0.717) is 47.5 Å². The van der Waals surface area contributed by atoms with Gasteiger partial charge >= 0.3 is 5.97 Å². The minimum atomic E-state index is -0.420. The lowest BCUT2D eigenvalue weighted by Crippen LogP contribution is -2.41. The molecule has 6 nitrogen and oxygen atoms in total. The van der Waals surface area contributed by atoms with Gasteiger partial charge in [-0.05, 0) is 61.2 Å². The van der Waals surface area contributed by atoms with Gasteiger partial charge in [-0.15, -0.1) is 0 Å². The summed E-state index contributed by atoms with van der Waals surface area (Å²) in [4.78, 5) is 37.8. The standard InChI is InChI=1S/C22H23ClN2O4/c1-15(26)29-20-4-2-3-18(13-20)22(28)25-11-9-16(10-12-25)14-24-21(27)17-5-7-19(23)8-6-17/h2-8,13,16H,9-12,14H2,1H3,(H,24,27). The summed E-state index contributed by atoms with van der Waals surface area (Å²) in [5, 5.41) is 3.55. The van der Waals surface area contributed by atoms with E-state index in [0.717, 1.165) is 12.8 Å². The summed E-state index contributed by atoms with van der Waals surface area (Å²) >= 11 is 5.84. The van der Waals surface area contributed by atoms with Crippen LogP contribution in [0.3, 0.4) is 0 Å². The van der Waals surface area contributed by atoms with Crippen LogP contribution in [0.4, 0.5) is 0 Å². The zero-order valence-corrected chi connectivity index (χ0v) is 16.9. The van der Waals surface area contributed by atoms with Gasteiger partial charge in [0.15, 0.2) is 0 Å². The molecule has 0 saturated carbocycles. The number of carbonyl (C=O) groups is 3. The molecule has 1 saturated heterocycles. The molecule has 0 bridgehead atoms. The third kappa shape index (κ3) is 5.81. The Morgan fingerprint density at radius 3 is 2.41 bits per heavy atom. The van der Waals surface area contributed by atoms with Crippen molar-refractivity contribution in [3.05, 3.63) is 64.7 Å². The number of halogens is 1. The van der Waals surface area contributed by atoms with Gasteiger partial charge in [0, 0.05) is 42.7 Å². The van der Waals surface area contributed by atoms with E-state index in [9.17, 15) is 14.4 Å². The van der Waals surface area contributed by atoms with E-state index in [2.05, 4.69) is 5.32 Å². The SMILES string of the molecule is CC(=O)Oc1cccc(C(=O)N2CCC(CNC(=O)c3ccc(Cl)cc3)CC2)c1. The van der Waals surface area contributed by atoms with Crippen LogP contribution in [0.1, 0.15) is 40.5 Å². The molecular weight excluding hydrogens is 392 g/mol. The molecule has 1 aliphatic heterocycles. The second-order valence-corrected chi connectivity index (χ2v) is 7.51. The zero-order valence-electron chi connectivity index (χ0n) is 16.2. The highest BCUT2D eigenvalue weighted by molar-refractivity contribution is 6.30. The Kier molecular flexibility index (Phi) is 6.88. The van der Waals surface area contributed by atoms with Gasteiger partial charge in [-0.2, -0.15) is 0 Å². The minimum absolute atomic E-state index is 0.0809. The summed E-state index contributed by atoms with van der Waals surface area (Å²) < 4.78 is 5.05. The molecule has 2 aromatic rings. The molecule has 0 aliphatic carbocycles. The molecule has 152 valence electrons. The number of likely N-dealkylation sites (tertiary alicyclic amines) is 1. The van der Waals surface area contributed by atoms with Gasteiger partial charge < -0.3 is 15.0 Å². The minimum Gasteiger partial charge on any atom is -0.427 e. The number of rotatable bonds is 5. The maximum Gasteiger partial charge on any atom is 0.308 e. The molecule has 7 heteroatoms. The van der Waals surface area contributed by atoms with Crippen LogP contribution in [0.2, 0.25) is 5.02 Å². The highest BCUT2D eigenvalue weighted by Crippen LogP contribution is 2.21. The van der Waals surface area contributed by atoms with E-state index in [4.69, 9.17) is 16.3 Å². The Bertz CT molecular complexity index is 890. The molecule has 29 heavy (non-hydrogen) atoms. The van der Waals surface area contributed by atoms with Crippen LogP contribution < -0.4 is 10.1 Å². The van der Waals surface area contributed by atoms with Gasteiger partial charge in [-0.1, -0.05) is 17.7 Å². The number of carbonyl (C=O) groups excluding carboxylic acids is 3. The van der Waals surface area contributed by atoms with Crippen molar-refractivity contribution < 1.29 is 19.1 Å². The molecule has 0 radical (unpaired) electrons. The molecule has 0 spiro atoms. The average Bonchev–Trinajstić information content (AvgIpc) is 2.72. The Balaban J connectivity index is 1.48. The molecule has 2 amide bonds. The topological polar surface area (TPSA) is 75.7 Å². The largest absolute Gasteiger partial charge is 0.427 e. The van der Waals surface area contributed by atoms with Crippen molar-refractivity contribution in [2.45, 2.75) is 19.8 Å². The first-order valence-corrected chi connectivity index (χ1v) is 9.91. The monoisotopic (exact) mass is 414 g/mol. The number of nitrogens with zero attached hydrogens (tertiary/aromatic N) is 1. The van der Waals surface area contributed by atoms with Crippen molar-refractivity contribution in [3.63, 3.8) is 0 Å². The first kappa shape index (κ1) is 20.9. The van der Waals surface area contributed by atoms with Gasteiger partial charge in [0.25, 0.3) is 11.8 Å². The second-order valence-electron chi connectivity index (χ2n) is 7.07. The number of ether oxygens (including phenoxy) is 1. The average molecular weight is 415 g/mol. The number of benzene rings is 2. The first-order valence-electron chi connectivity index (χ1n) is 9.54. The van der Waals surface area contributed by atoms with Crippen LogP contribution in [-0.4, -0.2) is 42.3 Å². The van der Waals surface area contributed by atoms with Crippen molar-refractivity contribution >= 4 is 29.4 Å². The highest BCUT2D eigenvalue weighted by Gasteiger charge is 2.24. The Hall–Kier alpha value is -2.86. The predicted octanol–water partition coefficient (Wildman–Crippen LogP) is 3.55. The number of nitrogens with one attached hydrogen (secondary N) is 1. The van der Waals surface area contributed by atoms with Crippen LogP contribution in [0.5, 0.6) is 5.75 Å². The van der Waals surface area contributed by atoms with E-state index >= 15 is 0 Å². The van der Waals surface area contributed by atoms with E-state index in [-0.39, 0.29) is 11.8 Å². The lowest BCUT2D eigenvalue weighted by atomic mass is 9.96. The van der Waals surface area contributed by atoms with Crippen molar-refractivity contribution in [2.24, 2.45) is 5.92 Å². The fourth-order valence-electron chi connectivity index (χ4n) is 3.32. The number of hydrogen-bond donors (Lipinski definition) is 1.